The van der Waals surface area contributed by atoms with Crippen LogP contribution in [0.3, 0.4) is 0 Å². The molecule has 0 fully saturated rings. The molecule has 12 heteroatoms. The summed E-state index contributed by atoms with van der Waals surface area (Å²) in [5.74, 6) is -1.62. The van der Waals surface area contributed by atoms with Crippen molar-refractivity contribution in [2.45, 2.75) is 65.0 Å². The van der Waals surface area contributed by atoms with Crippen LogP contribution in [0.2, 0.25) is 0 Å². The van der Waals surface area contributed by atoms with Crippen LogP contribution in [0.25, 0.3) is 0 Å². The third-order valence-electron chi connectivity index (χ3n) is 6.52. The average molecular weight is 563 g/mol. The summed E-state index contributed by atoms with van der Waals surface area (Å²) in [5.41, 5.74) is 1.96. The molecule has 2 aromatic rings. The summed E-state index contributed by atoms with van der Waals surface area (Å²) in [6, 6.07) is 0. The minimum Gasteiger partial charge on any atom is -0.506 e. The topological polar surface area (TPSA) is 166 Å². The van der Waals surface area contributed by atoms with Gasteiger partial charge in [0, 0.05) is 60.6 Å². The normalized spacial score (nSPS) is 12.9. The summed E-state index contributed by atoms with van der Waals surface area (Å²) in [4.78, 5) is 37.7. The number of aryl methyl sites for hydroxylation is 2. The van der Waals surface area contributed by atoms with Gasteiger partial charge in [0.05, 0.1) is 37.4 Å². The Kier molecular flexibility index (Phi) is 12.7. The van der Waals surface area contributed by atoms with E-state index in [0.29, 0.717) is 48.4 Å². The number of aromatic hydroxyl groups is 2. The number of nitrogens with zero attached hydrogens (tertiary/aromatic N) is 4. The van der Waals surface area contributed by atoms with Crippen molar-refractivity contribution >= 4 is 11.9 Å². The van der Waals surface area contributed by atoms with E-state index in [1.54, 1.807) is 13.8 Å². The fourth-order valence-corrected chi connectivity index (χ4v) is 4.15. The Morgan fingerprint density at radius 1 is 0.750 bits per heavy atom. The van der Waals surface area contributed by atoms with E-state index >= 15 is 0 Å². The van der Waals surface area contributed by atoms with Gasteiger partial charge in [-0.1, -0.05) is 0 Å². The van der Waals surface area contributed by atoms with E-state index in [0.717, 1.165) is 0 Å². The minimum absolute atomic E-state index is 0.155. The number of carbonyl (C=O) groups excluding carboxylic acids is 2. The number of esters is 2. The number of aliphatic hydroxyl groups excluding tert-OH is 2. The van der Waals surface area contributed by atoms with Crippen molar-refractivity contribution in [2.24, 2.45) is 0 Å². The molecule has 40 heavy (non-hydrogen) atoms. The molecular weight excluding hydrogens is 520 g/mol. The first-order chi connectivity index (χ1) is 18.9. The molecular formula is C28H42N4O8. The van der Waals surface area contributed by atoms with E-state index in [4.69, 9.17) is 9.47 Å². The molecule has 2 atom stereocenters. The number of carbonyl (C=O) groups is 2. The molecule has 2 heterocycles. The van der Waals surface area contributed by atoms with Crippen LogP contribution in [0.15, 0.2) is 12.4 Å². The van der Waals surface area contributed by atoms with Crippen molar-refractivity contribution in [2.75, 3.05) is 41.3 Å². The highest BCUT2D eigenvalue weighted by Crippen LogP contribution is 2.33. The summed E-state index contributed by atoms with van der Waals surface area (Å²) in [5, 5.41) is 40.4. The smallest absolute Gasteiger partial charge is 0.306 e. The van der Waals surface area contributed by atoms with E-state index in [1.165, 1.54) is 12.4 Å². The molecule has 0 amide bonds. The summed E-state index contributed by atoms with van der Waals surface area (Å²) in [6.07, 6.45) is 1.58. The predicted octanol–water partition coefficient (Wildman–Crippen LogP) is 2.04. The number of ether oxygens (including phenoxy) is 2. The third kappa shape index (κ3) is 9.12. The van der Waals surface area contributed by atoms with Gasteiger partial charge in [-0.2, -0.15) is 0 Å². The first-order valence-electron chi connectivity index (χ1n) is 13.1. The first-order valence-corrected chi connectivity index (χ1v) is 13.1. The molecule has 0 aromatic carbocycles. The van der Waals surface area contributed by atoms with E-state index < -0.39 is 37.4 Å². The SMILES string of the molecule is Cc1ncc(C(CCN(C)C)OC(=O)CCC(=O)OC(CCN(C)C)c2cnc(C)c(O)c2CO)c(CO)c1O. The van der Waals surface area contributed by atoms with Crippen molar-refractivity contribution < 1.29 is 39.5 Å². The molecule has 2 unspecified atom stereocenters. The lowest BCUT2D eigenvalue weighted by Crippen LogP contribution is -2.22. The third-order valence-corrected chi connectivity index (χ3v) is 6.52. The Labute approximate surface area is 235 Å². The van der Waals surface area contributed by atoms with Gasteiger partial charge in [-0.25, -0.2) is 0 Å². The average Bonchev–Trinajstić information content (AvgIpc) is 2.90. The number of aromatic nitrogens is 2. The van der Waals surface area contributed by atoms with Crippen molar-refractivity contribution in [1.29, 1.82) is 0 Å². The summed E-state index contributed by atoms with van der Waals surface area (Å²) < 4.78 is 11.4. The van der Waals surface area contributed by atoms with Crippen LogP contribution < -0.4 is 0 Å². The van der Waals surface area contributed by atoms with E-state index in [-0.39, 0.29) is 35.5 Å². The fraction of sp³-hybridized carbons (Fsp3) is 0.571. The number of hydrogen-bond acceptors (Lipinski definition) is 12. The minimum atomic E-state index is -0.798. The number of hydrogen-bond donors (Lipinski definition) is 4. The highest BCUT2D eigenvalue weighted by molar-refractivity contribution is 5.78. The van der Waals surface area contributed by atoms with Gasteiger partial charge in [0.1, 0.15) is 23.7 Å². The number of pyridine rings is 2. The molecule has 0 bridgehead atoms. The molecule has 2 rings (SSSR count). The quantitative estimate of drug-likeness (QED) is 0.234. The van der Waals surface area contributed by atoms with Crippen LogP contribution in [0.5, 0.6) is 11.5 Å². The Hall–Kier alpha value is -3.32. The zero-order chi connectivity index (χ0) is 30.0. The maximum absolute atomic E-state index is 12.8. The van der Waals surface area contributed by atoms with Gasteiger partial charge in [-0.05, 0) is 42.0 Å². The molecule has 0 aliphatic heterocycles. The molecule has 0 aliphatic carbocycles. The largest absolute Gasteiger partial charge is 0.506 e. The summed E-state index contributed by atoms with van der Waals surface area (Å²) in [7, 11) is 7.46. The van der Waals surface area contributed by atoms with Gasteiger partial charge in [-0.15, -0.1) is 0 Å². The summed E-state index contributed by atoms with van der Waals surface area (Å²) >= 11 is 0. The second-order valence-corrected chi connectivity index (χ2v) is 10.2. The van der Waals surface area contributed by atoms with Crippen LogP contribution in [0.4, 0.5) is 0 Å². The fourth-order valence-electron chi connectivity index (χ4n) is 4.15. The maximum Gasteiger partial charge on any atom is 0.306 e. The van der Waals surface area contributed by atoms with Crippen LogP contribution in [-0.2, 0) is 32.3 Å². The zero-order valence-corrected chi connectivity index (χ0v) is 24.2. The highest BCUT2D eigenvalue weighted by atomic mass is 16.6. The van der Waals surface area contributed by atoms with Gasteiger partial charge < -0.3 is 39.7 Å². The van der Waals surface area contributed by atoms with Crippen LogP contribution in [0, 0.1) is 13.8 Å². The maximum atomic E-state index is 12.8. The molecule has 4 N–H and O–H groups in total. The second kappa shape index (κ2) is 15.5. The Balaban J connectivity index is 2.15. The highest BCUT2D eigenvalue weighted by Gasteiger charge is 2.26. The lowest BCUT2D eigenvalue weighted by atomic mass is 10.0. The second-order valence-electron chi connectivity index (χ2n) is 10.2. The lowest BCUT2D eigenvalue weighted by molar-refractivity contribution is -0.157. The van der Waals surface area contributed by atoms with Gasteiger partial charge in [0.25, 0.3) is 0 Å². The summed E-state index contributed by atoms with van der Waals surface area (Å²) in [6.45, 7) is 3.40. The zero-order valence-electron chi connectivity index (χ0n) is 24.2. The number of aliphatic hydroxyl groups is 2. The monoisotopic (exact) mass is 562 g/mol. The molecule has 0 saturated heterocycles. The molecule has 0 aliphatic rings. The van der Waals surface area contributed by atoms with Crippen molar-refractivity contribution in [3.63, 3.8) is 0 Å². The molecule has 12 nitrogen and oxygen atoms in total. The van der Waals surface area contributed by atoms with Crippen LogP contribution in [-0.4, -0.2) is 93.4 Å². The predicted molar refractivity (Wildman–Crippen MR) is 146 cm³/mol. The van der Waals surface area contributed by atoms with Gasteiger partial charge >= 0.3 is 11.9 Å². The van der Waals surface area contributed by atoms with Gasteiger partial charge in [-0.3, -0.25) is 19.6 Å². The number of rotatable bonds is 15. The molecule has 222 valence electrons. The molecule has 2 aromatic heterocycles. The Morgan fingerprint density at radius 3 is 1.40 bits per heavy atom. The standard InChI is InChI=1S/C28H42N4O8/c1-17-27(37)21(15-33)19(13-29-17)23(9-11-31(3)4)39-25(35)7-8-26(36)40-24(10-12-32(5)6)20-14-30-18(2)28(38)22(20)16-34/h13-14,23-24,33-34,37-38H,7-12,15-16H2,1-6H3. The first kappa shape index (κ1) is 32.9. The van der Waals surface area contributed by atoms with Crippen LogP contribution >= 0.6 is 0 Å². The van der Waals surface area contributed by atoms with Gasteiger partial charge in [0.15, 0.2) is 0 Å². The molecule has 0 spiro atoms. The van der Waals surface area contributed by atoms with E-state index in [1.807, 2.05) is 38.0 Å². The van der Waals surface area contributed by atoms with Crippen molar-refractivity contribution in [3.8, 4) is 11.5 Å². The van der Waals surface area contributed by atoms with Crippen LogP contribution in [0.1, 0.15) is 71.5 Å². The molecule has 0 saturated carbocycles. The van der Waals surface area contributed by atoms with Crippen molar-refractivity contribution in [3.05, 3.63) is 46.0 Å². The molecule has 0 radical (unpaired) electrons. The van der Waals surface area contributed by atoms with Gasteiger partial charge in [0.2, 0.25) is 0 Å². The van der Waals surface area contributed by atoms with E-state index in [2.05, 4.69) is 9.97 Å². The Morgan fingerprint density at radius 2 is 1.10 bits per heavy atom. The Bertz CT molecular complexity index is 1070. The van der Waals surface area contributed by atoms with Crippen molar-refractivity contribution in [1.82, 2.24) is 19.8 Å². The lowest BCUT2D eigenvalue weighted by Gasteiger charge is -2.24. The van der Waals surface area contributed by atoms with E-state index in [9.17, 15) is 30.0 Å².